The Balaban J connectivity index is 2.24. The third-order valence-corrected chi connectivity index (χ3v) is 3.10. The molecule has 3 heteroatoms. The van der Waals surface area contributed by atoms with E-state index in [1.54, 1.807) is 0 Å². The molecule has 0 atom stereocenters. The van der Waals surface area contributed by atoms with E-state index in [4.69, 9.17) is 4.74 Å². The number of nitrogens with zero attached hydrogens (tertiary/aromatic N) is 1. The molecule has 2 aromatic rings. The number of hydrogen-bond acceptors (Lipinski definition) is 3. The summed E-state index contributed by atoms with van der Waals surface area (Å²) < 4.78 is 5.87. The summed E-state index contributed by atoms with van der Waals surface area (Å²) in [4.78, 5) is 4.50. The predicted octanol–water partition coefficient (Wildman–Crippen LogP) is 3.52. The highest BCUT2D eigenvalue weighted by Gasteiger charge is 2.05. The fourth-order valence-corrected chi connectivity index (χ4v) is 1.93. The summed E-state index contributed by atoms with van der Waals surface area (Å²) >= 11 is 0. The Morgan fingerprint density at radius 3 is 2.58 bits per heavy atom. The number of ether oxygens (including phenoxy) is 1. The zero-order chi connectivity index (χ0) is 13.8. The number of benzene rings is 1. The van der Waals surface area contributed by atoms with E-state index in [-0.39, 0.29) is 0 Å². The van der Waals surface area contributed by atoms with E-state index in [1.807, 2.05) is 33.0 Å². The molecule has 0 amide bonds. The second-order valence-electron chi connectivity index (χ2n) is 4.80. The minimum absolute atomic E-state index is 0.644. The maximum absolute atomic E-state index is 5.87. The third-order valence-electron chi connectivity index (χ3n) is 3.10. The van der Waals surface area contributed by atoms with Crippen molar-refractivity contribution in [2.75, 3.05) is 7.05 Å². The average Bonchev–Trinajstić information content (AvgIpc) is 2.37. The summed E-state index contributed by atoms with van der Waals surface area (Å²) in [5.41, 5.74) is 4.49. The molecule has 100 valence electrons. The first kappa shape index (κ1) is 13.6. The van der Waals surface area contributed by atoms with Crippen LogP contribution in [0.25, 0.3) is 0 Å². The van der Waals surface area contributed by atoms with Crippen LogP contribution < -0.4 is 10.1 Å². The number of hydrogen-bond donors (Lipinski definition) is 1. The van der Waals surface area contributed by atoms with Gasteiger partial charge in [0.1, 0.15) is 5.75 Å². The van der Waals surface area contributed by atoms with E-state index in [0.29, 0.717) is 5.88 Å². The fourth-order valence-electron chi connectivity index (χ4n) is 1.93. The standard InChI is InChI=1S/C16H20N2O/c1-11-5-6-12(2)15(9-11)19-16-8-7-14(10-17-4)13(3)18-16/h5-9,17H,10H2,1-4H3. The van der Waals surface area contributed by atoms with E-state index >= 15 is 0 Å². The first-order valence-electron chi connectivity index (χ1n) is 6.46. The number of aryl methyl sites for hydroxylation is 3. The van der Waals surface area contributed by atoms with Gasteiger partial charge >= 0.3 is 0 Å². The van der Waals surface area contributed by atoms with E-state index in [1.165, 1.54) is 11.1 Å². The molecule has 0 aliphatic rings. The average molecular weight is 256 g/mol. The van der Waals surface area contributed by atoms with Crippen molar-refractivity contribution in [1.29, 1.82) is 0 Å². The summed E-state index contributed by atoms with van der Waals surface area (Å²) in [7, 11) is 1.93. The topological polar surface area (TPSA) is 34.1 Å². The van der Waals surface area contributed by atoms with Crippen molar-refractivity contribution in [3.05, 3.63) is 52.7 Å². The number of nitrogens with one attached hydrogen (secondary N) is 1. The van der Waals surface area contributed by atoms with Crippen LogP contribution in [-0.2, 0) is 6.54 Å². The highest BCUT2D eigenvalue weighted by molar-refractivity contribution is 5.39. The maximum atomic E-state index is 5.87. The van der Waals surface area contributed by atoms with E-state index < -0.39 is 0 Å². The minimum atomic E-state index is 0.644. The number of aromatic nitrogens is 1. The van der Waals surface area contributed by atoms with Crippen LogP contribution >= 0.6 is 0 Å². The molecule has 0 aliphatic heterocycles. The summed E-state index contributed by atoms with van der Waals surface area (Å²) in [6.45, 7) is 6.92. The highest BCUT2D eigenvalue weighted by atomic mass is 16.5. The van der Waals surface area contributed by atoms with E-state index in [9.17, 15) is 0 Å². The normalized spacial score (nSPS) is 10.5. The molecular formula is C16H20N2O. The van der Waals surface area contributed by atoms with Crippen molar-refractivity contribution >= 4 is 0 Å². The van der Waals surface area contributed by atoms with Crippen LogP contribution in [0.2, 0.25) is 0 Å². The first-order chi connectivity index (χ1) is 9.10. The van der Waals surface area contributed by atoms with Gasteiger partial charge in [-0.2, -0.15) is 0 Å². The predicted molar refractivity (Wildman–Crippen MR) is 77.7 cm³/mol. The van der Waals surface area contributed by atoms with Crippen molar-refractivity contribution in [2.45, 2.75) is 27.3 Å². The molecule has 1 heterocycles. The third kappa shape index (κ3) is 3.32. The molecule has 3 nitrogen and oxygen atoms in total. The van der Waals surface area contributed by atoms with Crippen LogP contribution in [0.5, 0.6) is 11.6 Å². The van der Waals surface area contributed by atoms with Crippen molar-refractivity contribution in [3.8, 4) is 11.6 Å². The van der Waals surface area contributed by atoms with E-state index in [0.717, 1.165) is 23.6 Å². The number of pyridine rings is 1. The fraction of sp³-hybridized carbons (Fsp3) is 0.312. The second-order valence-corrected chi connectivity index (χ2v) is 4.80. The van der Waals surface area contributed by atoms with Gasteiger partial charge in [-0.25, -0.2) is 4.98 Å². The molecule has 0 radical (unpaired) electrons. The lowest BCUT2D eigenvalue weighted by atomic mass is 10.1. The monoisotopic (exact) mass is 256 g/mol. The molecule has 2 rings (SSSR count). The second kappa shape index (κ2) is 5.85. The Kier molecular flexibility index (Phi) is 4.17. The zero-order valence-electron chi connectivity index (χ0n) is 11.9. The van der Waals surface area contributed by atoms with Gasteiger partial charge in [-0.15, -0.1) is 0 Å². The SMILES string of the molecule is CNCc1ccc(Oc2cc(C)ccc2C)nc1C. The van der Waals surface area contributed by atoms with E-state index in [2.05, 4.69) is 35.4 Å². The smallest absolute Gasteiger partial charge is 0.219 e. The quantitative estimate of drug-likeness (QED) is 0.908. The van der Waals surface area contributed by atoms with Crippen molar-refractivity contribution < 1.29 is 4.74 Å². The van der Waals surface area contributed by atoms with Gasteiger partial charge in [0.15, 0.2) is 0 Å². The molecule has 0 saturated heterocycles. The Morgan fingerprint density at radius 1 is 1.11 bits per heavy atom. The first-order valence-corrected chi connectivity index (χ1v) is 6.46. The summed E-state index contributed by atoms with van der Waals surface area (Å²) in [5.74, 6) is 1.51. The van der Waals surface area contributed by atoms with Crippen LogP contribution in [0, 0.1) is 20.8 Å². The van der Waals surface area contributed by atoms with Gasteiger partial charge in [-0.1, -0.05) is 18.2 Å². The molecule has 0 bridgehead atoms. The Bertz CT molecular complexity index is 579. The van der Waals surface area contributed by atoms with Crippen molar-refractivity contribution in [2.24, 2.45) is 0 Å². The van der Waals surface area contributed by atoms with Crippen LogP contribution in [0.1, 0.15) is 22.4 Å². The Labute approximate surface area is 114 Å². The van der Waals surface area contributed by atoms with Gasteiger partial charge < -0.3 is 10.1 Å². The molecule has 0 aliphatic carbocycles. The molecule has 0 saturated carbocycles. The van der Waals surface area contributed by atoms with Gasteiger partial charge in [0, 0.05) is 18.3 Å². The van der Waals surface area contributed by atoms with Crippen molar-refractivity contribution in [3.63, 3.8) is 0 Å². The number of rotatable bonds is 4. The molecular weight excluding hydrogens is 236 g/mol. The van der Waals surface area contributed by atoms with Gasteiger partial charge in [-0.05, 0) is 50.6 Å². The minimum Gasteiger partial charge on any atom is -0.439 e. The molecule has 0 spiro atoms. The summed E-state index contributed by atoms with van der Waals surface area (Å²) in [5, 5.41) is 3.13. The Morgan fingerprint density at radius 2 is 1.89 bits per heavy atom. The van der Waals surface area contributed by atoms with Gasteiger partial charge in [0.05, 0.1) is 0 Å². The molecule has 0 fully saturated rings. The van der Waals surface area contributed by atoms with Crippen molar-refractivity contribution in [1.82, 2.24) is 10.3 Å². The lowest BCUT2D eigenvalue weighted by Gasteiger charge is -2.11. The largest absolute Gasteiger partial charge is 0.439 e. The van der Waals surface area contributed by atoms with Crippen LogP contribution in [-0.4, -0.2) is 12.0 Å². The van der Waals surface area contributed by atoms with Gasteiger partial charge in [0.25, 0.3) is 0 Å². The molecule has 1 aromatic heterocycles. The van der Waals surface area contributed by atoms with Crippen LogP contribution in [0.15, 0.2) is 30.3 Å². The zero-order valence-corrected chi connectivity index (χ0v) is 11.9. The molecule has 1 aromatic carbocycles. The molecule has 19 heavy (non-hydrogen) atoms. The molecule has 1 N–H and O–H groups in total. The van der Waals surface area contributed by atoms with Gasteiger partial charge in [-0.3, -0.25) is 0 Å². The molecule has 0 unspecified atom stereocenters. The maximum Gasteiger partial charge on any atom is 0.219 e. The van der Waals surface area contributed by atoms with Gasteiger partial charge in [0.2, 0.25) is 5.88 Å². The highest BCUT2D eigenvalue weighted by Crippen LogP contribution is 2.25. The van der Waals surface area contributed by atoms with Crippen LogP contribution in [0.3, 0.4) is 0 Å². The van der Waals surface area contributed by atoms with Crippen LogP contribution in [0.4, 0.5) is 0 Å². The summed E-state index contributed by atoms with van der Waals surface area (Å²) in [6.07, 6.45) is 0. The lowest BCUT2D eigenvalue weighted by Crippen LogP contribution is -2.07. The Hall–Kier alpha value is -1.87. The lowest BCUT2D eigenvalue weighted by molar-refractivity contribution is 0.457. The summed E-state index contributed by atoms with van der Waals surface area (Å²) in [6, 6.07) is 10.2.